The van der Waals surface area contributed by atoms with E-state index in [9.17, 15) is 14.4 Å². The number of nitrogens with one attached hydrogen (secondary N) is 1. The standard InChI is InChI=1S/C16H29NO5/c1-2-3-4-5-6-7-8-9-13(19)12-15(20)17-14(10-11-18)16(21)22/h14,18H,2-12H2,1H3,(H,17,20)(H,21,22)/t14-/m0/s1. The normalized spacial score (nSPS) is 11.9. The predicted molar refractivity (Wildman–Crippen MR) is 83.5 cm³/mol. The van der Waals surface area contributed by atoms with Gasteiger partial charge in [0, 0.05) is 19.4 Å². The molecule has 3 N–H and O–H groups in total. The number of carbonyl (C=O) groups excluding carboxylic acids is 2. The lowest BCUT2D eigenvalue weighted by Crippen LogP contribution is -2.42. The van der Waals surface area contributed by atoms with Crippen LogP contribution in [0.5, 0.6) is 0 Å². The van der Waals surface area contributed by atoms with Crippen LogP contribution in [0, 0.1) is 0 Å². The average Bonchev–Trinajstić information content (AvgIpc) is 2.45. The van der Waals surface area contributed by atoms with E-state index < -0.39 is 17.9 Å². The third kappa shape index (κ3) is 11.3. The van der Waals surface area contributed by atoms with Crippen molar-refractivity contribution in [2.24, 2.45) is 0 Å². The molecule has 0 aliphatic heterocycles. The minimum Gasteiger partial charge on any atom is -0.480 e. The maximum Gasteiger partial charge on any atom is 0.326 e. The molecule has 22 heavy (non-hydrogen) atoms. The Hall–Kier alpha value is -1.43. The smallest absolute Gasteiger partial charge is 0.326 e. The van der Waals surface area contributed by atoms with Gasteiger partial charge in [-0.25, -0.2) is 4.79 Å². The Morgan fingerprint density at radius 3 is 2.14 bits per heavy atom. The molecule has 0 bridgehead atoms. The van der Waals surface area contributed by atoms with E-state index in [1.165, 1.54) is 25.7 Å². The van der Waals surface area contributed by atoms with Crippen LogP contribution < -0.4 is 5.32 Å². The van der Waals surface area contributed by atoms with Crippen molar-refractivity contribution in [3.05, 3.63) is 0 Å². The maximum atomic E-state index is 11.6. The van der Waals surface area contributed by atoms with E-state index in [4.69, 9.17) is 10.2 Å². The average molecular weight is 315 g/mol. The highest BCUT2D eigenvalue weighted by atomic mass is 16.4. The quantitative estimate of drug-likeness (QED) is 0.336. The van der Waals surface area contributed by atoms with Gasteiger partial charge in [0.25, 0.3) is 0 Å². The van der Waals surface area contributed by atoms with Crippen LogP contribution in [0.4, 0.5) is 0 Å². The molecule has 0 rings (SSSR count). The van der Waals surface area contributed by atoms with Crippen LogP contribution in [0.1, 0.15) is 71.1 Å². The number of hydrogen-bond donors (Lipinski definition) is 3. The van der Waals surface area contributed by atoms with Crippen molar-refractivity contribution in [2.75, 3.05) is 6.61 Å². The van der Waals surface area contributed by atoms with Gasteiger partial charge in [0.1, 0.15) is 11.8 Å². The molecule has 6 nitrogen and oxygen atoms in total. The number of carboxylic acid groups (broad SMARTS) is 1. The second kappa shape index (κ2) is 13.2. The summed E-state index contributed by atoms with van der Waals surface area (Å²) in [5, 5.41) is 19.8. The molecule has 1 atom stereocenters. The van der Waals surface area contributed by atoms with Crippen LogP contribution >= 0.6 is 0 Å². The second-order valence-electron chi connectivity index (χ2n) is 5.56. The molecule has 6 heteroatoms. The largest absolute Gasteiger partial charge is 0.480 e. The molecule has 0 spiro atoms. The van der Waals surface area contributed by atoms with Crippen LogP contribution in [-0.2, 0) is 14.4 Å². The van der Waals surface area contributed by atoms with Crippen molar-refractivity contribution >= 4 is 17.7 Å². The Labute approximate surface area is 132 Å². The highest BCUT2D eigenvalue weighted by Crippen LogP contribution is 2.09. The first-order valence-corrected chi connectivity index (χ1v) is 8.16. The van der Waals surface area contributed by atoms with Gasteiger partial charge in [-0.05, 0) is 6.42 Å². The van der Waals surface area contributed by atoms with Gasteiger partial charge < -0.3 is 15.5 Å². The van der Waals surface area contributed by atoms with Crippen molar-refractivity contribution in [2.45, 2.75) is 77.2 Å². The Morgan fingerprint density at radius 1 is 1.00 bits per heavy atom. The first-order chi connectivity index (χ1) is 10.5. The Kier molecular flexibility index (Phi) is 12.4. The van der Waals surface area contributed by atoms with Crippen LogP contribution in [-0.4, -0.2) is 40.5 Å². The van der Waals surface area contributed by atoms with Crippen LogP contribution in [0.25, 0.3) is 0 Å². The van der Waals surface area contributed by atoms with Gasteiger partial charge in [-0.1, -0.05) is 45.4 Å². The molecule has 0 heterocycles. The first-order valence-electron chi connectivity index (χ1n) is 8.16. The number of hydrogen-bond acceptors (Lipinski definition) is 4. The molecule has 1 amide bonds. The zero-order chi connectivity index (χ0) is 16.8. The van der Waals surface area contributed by atoms with Crippen molar-refractivity contribution in [3.8, 4) is 0 Å². The molecule has 0 fully saturated rings. The molecule has 0 aliphatic rings. The van der Waals surface area contributed by atoms with Gasteiger partial charge in [-0.3, -0.25) is 9.59 Å². The molecular weight excluding hydrogens is 286 g/mol. The fourth-order valence-electron chi connectivity index (χ4n) is 2.18. The zero-order valence-electron chi connectivity index (χ0n) is 13.5. The number of carboxylic acids is 1. The number of ketones is 1. The molecule has 128 valence electrons. The molecule has 0 aromatic heterocycles. The molecule has 0 saturated heterocycles. The first kappa shape index (κ1) is 20.6. The summed E-state index contributed by atoms with van der Waals surface area (Å²) in [5.74, 6) is -1.96. The predicted octanol–water partition coefficient (Wildman–Crippen LogP) is 2.04. The van der Waals surface area contributed by atoms with E-state index in [1.807, 2.05) is 0 Å². The van der Waals surface area contributed by atoms with Gasteiger partial charge in [-0.15, -0.1) is 0 Å². The zero-order valence-corrected chi connectivity index (χ0v) is 13.5. The summed E-state index contributed by atoms with van der Waals surface area (Å²) in [6.45, 7) is 1.84. The number of rotatable bonds is 14. The van der Waals surface area contributed by atoms with E-state index in [0.717, 1.165) is 19.3 Å². The lowest BCUT2D eigenvalue weighted by molar-refractivity contribution is -0.143. The molecular formula is C16H29NO5. The Balaban J connectivity index is 3.77. The van der Waals surface area contributed by atoms with Crippen molar-refractivity contribution in [3.63, 3.8) is 0 Å². The monoisotopic (exact) mass is 315 g/mol. The lowest BCUT2D eigenvalue weighted by Gasteiger charge is -2.12. The van der Waals surface area contributed by atoms with Crippen LogP contribution in [0.2, 0.25) is 0 Å². The summed E-state index contributed by atoms with van der Waals surface area (Å²) in [5.41, 5.74) is 0. The van der Waals surface area contributed by atoms with Crippen LogP contribution in [0.3, 0.4) is 0 Å². The van der Waals surface area contributed by atoms with Crippen LogP contribution in [0.15, 0.2) is 0 Å². The van der Waals surface area contributed by atoms with E-state index in [1.54, 1.807) is 0 Å². The number of aliphatic hydroxyl groups is 1. The topological polar surface area (TPSA) is 104 Å². The third-order valence-electron chi connectivity index (χ3n) is 3.47. The summed E-state index contributed by atoms with van der Waals surface area (Å²) in [6, 6.07) is -1.14. The molecule has 0 unspecified atom stereocenters. The number of aliphatic carboxylic acids is 1. The number of aliphatic hydroxyl groups excluding tert-OH is 1. The summed E-state index contributed by atoms with van der Waals surface area (Å²) >= 11 is 0. The fraction of sp³-hybridized carbons (Fsp3) is 0.812. The van der Waals surface area contributed by atoms with Crippen molar-refractivity contribution in [1.82, 2.24) is 5.32 Å². The van der Waals surface area contributed by atoms with Gasteiger partial charge in [-0.2, -0.15) is 0 Å². The van der Waals surface area contributed by atoms with Gasteiger partial charge in [0.05, 0.1) is 6.42 Å². The molecule has 0 saturated carbocycles. The number of Topliss-reactive ketones (excluding diaryl/α,β-unsaturated/α-hetero) is 1. The van der Waals surface area contributed by atoms with Crippen molar-refractivity contribution in [1.29, 1.82) is 0 Å². The number of carbonyl (C=O) groups is 3. The highest BCUT2D eigenvalue weighted by molar-refractivity contribution is 5.99. The Bertz CT molecular complexity index is 343. The van der Waals surface area contributed by atoms with E-state index in [2.05, 4.69) is 12.2 Å². The second-order valence-corrected chi connectivity index (χ2v) is 5.56. The van der Waals surface area contributed by atoms with Crippen molar-refractivity contribution < 1.29 is 24.6 Å². The van der Waals surface area contributed by atoms with Gasteiger partial charge >= 0.3 is 5.97 Å². The minimum absolute atomic E-state index is 0.0625. The van der Waals surface area contributed by atoms with Gasteiger partial charge in [0.15, 0.2) is 0 Å². The molecule has 0 radical (unpaired) electrons. The SMILES string of the molecule is CCCCCCCCCC(=O)CC(=O)N[C@@H](CCO)C(=O)O. The lowest BCUT2D eigenvalue weighted by atomic mass is 10.1. The summed E-state index contributed by atoms with van der Waals surface area (Å²) < 4.78 is 0. The molecule has 0 aromatic rings. The molecule has 0 aliphatic carbocycles. The highest BCUT2D eigenvalue weighted by Gasteiger charge is 2.20. The summed E-state index contributed by atoms with van der Waals surface area (Å²) in [4.78, 5) is 34.0. The Morgan fingerprint density at radius 2 is 1.59 bits per heavy atom. The number of amides is 1. The fourth-order valence-corrected chi connectivity index (χ4v) is 2.18. The maximum absolute atomic E-state index is 11.6. The van der Waals surface area contributed by atoms with E-state index >= 15 is 0 Å². The van der Waals surface area contributed by atoms with E-state index in [-0.39, 0.29) is 25.2 Å². The number of unbranched alkanes of at least 4 members (excludes halogenated alkanes) is 6. The molecule has 0 aromatic carbocycles. The summed E-state index contributed by atoms with van der Waals surface area (Å²) in [7, 11) is 0. The minimum atomic E-state index is -1.21. The van der Waals surface area contributed by atoms with E-state index in [0.29, 0.717) is 6.42 Å². The third-order valence-corrected chi connectivity index (χ3v) is 3.47. The summed E-state index contributed by atoms with van der Waals surface area (Å²) in [6.07, 6.45) is 7.75. The van der Waals surface area contributed by atoms with Gasteiger partial charge in [0.2, 0.25) is 5.91 Å².